The molecule has 0 unspecified atom stereocenters. The van der Waals surface area contributed by atoms with Gasteiger partial charge in [-0.3, -0.25) is 4.90 Å². The zero-order valence-corrected chi connectivity index (χ0v) is 15.6. The van der Waals surface area contributed by atoms with Crippen molar-refractivity contribution in [3.63, 3.8) is 0 Å². The predicted molar refractivity (Wildman–Crippen MR) is 98.9 cm³/mol. The second-order valence-electron chi connectivity index (χ2n) is 6.86. The molecule has 3 heterocycles. The lowest BCUT2D eigenvalue weighted by molar-refractivity contribution is 0.251. The van der Waals surface area contributed by atoms with Crippen LogP contribution in [0, 0.1) is 0 Å². The third-order valence-electron chi connectivity index (χ3n) is 4.75. The first kappa shape index (κ1) is 16.5. The summed E-state index contributed by atoms with van der Waals surface area (Å²) in [5, 5.41) is 5.22. The number of fused-ring (bicyclic) bond motifs is 1. The van der Waals surface area contributed by atoms with E-state index >= 15 is 0 Å². The molecule has 0 aliphatic carbocycles. The van der Waals surface area contributed by atoms with Crippen LogP contribution in [0.4, 0.5) is 9.93 Å². The van der Waals surface area contributed by atoms with Crippen LogP contribution in [0.15, 0.2) is 29.6 Å². The minimum Gasteiger partial charge on any atom is -0.332 e. The van der Waals surface area contributed by atoms with E-state index in [1.165, 1.54) is 21.8 Å². The van der Waals surface area contributed by atoms with Crippen molar-refractivity contribution >= 4 is 32.3 Å². The molecule has 1 aromatic carbocycles. The summed E-state index contributed by atoms with van der Waals surface area (Å²) >= 11 is 1.36. The number of rotatable bonds is 3. The van der Waals surface area contributed by atoms with Crippen molar-refractivity contribution in [2.75, 3.05) is 16.4 Å². The molecule has 2 aliphatic rings. The van der Waals surface area contributed by atoms with E-state index in [9.17, 15) is 13.2 Å². The lowest BCUT2D eigenvalue weighted by Gasteiger charge is -2.17. The number of urea groups is 1. The summed E-state index contributed by atoms with van der Waals surface area (Å²) in [5.41, 5.74) is 3.05. The van der Waals surface area contributed by atoms with Crippen LogP contribution in [-0.2, 0) is 9.84 Å². The SMILES string of the molecule is CC(C)c1ccc(-c2csc(N3C(=O)N[C@H]4CS(=O)(=O)C[C@H]43)n2)cc1. The third-order valence-corrected chi connectivity index (χ3v) is 7.31. The smallest absolute Gasteiger partial charge is 0.324 e. The Morgan fingerprint density at radius 3 is 2.64 bits per heavy atom. The number of hydrogen-bond acceptors (Lipinski definition) is 5. The molecule has 2 fully saturated rings. The lowest BCUT2D eigenvalue weighted by Crippen LogP contribution is -2.36. The zero-order chi connectivity index (χ0) is 17.8. The van der Waals surface area contributed by atoms with E-state index in [1.807, 2.05) is 17.5 Å². The molecule has 0 bridgehead atoms. The third kappa shape index (κ3) is 2.93. The van der Waals surface area contributed by atoms with Gasteiger partial charge < -0.3 is 5.32 Å². The Bertz CT molecular complexity index is 919. The monoisotopic (exact) mass is 377 g/mol. The standard InChI is InChI=1S/C17H19N3O3S2/c1-10(2)11-3-5-12(6-4-11)13-7-24-17(19-13)20-15-9-25(22,23)8-14(15)18-16(20)21/h3-7,10,14-15H,8-9H2,1-2H3,(H,18,21)/t14-,15+/m0/s1. The van der Waals surface area contributed by atoms with Crippen LogP contribution in [0.3, 0.4) is 0 Å². The van der Waals surface area contributed by atoms with Crippen LogP contribution >= 0.6 is 11.3 Å². The average molecular weight is 377 g/mol. The molecular formula is C17H19N3O3S2. The number of amides is 2. The number of carbonyl (C=O) groups excluding carboxylic acids is 1. The average Bonchev–Trinajstić information content (AvgIpc) is 3.19. The first-order valence-corrected chi connectivity index (χ1v) is 10.9. The fourth-order valence-corrected chi connectivity index (χ4v) is 6.15. The highest BCUT2D eigenvalue weighted by Crippen LogP contribution is 2.34. The van der Waals surface area contributed by atoms with Crippen molar-refractivity contribution in [2.24, 2.45) is 0 Å². The molecule has 2 atom stereocenters. The first-order chi connectivity index (χ1) is 11.8. The number of sulfone groups is 1. The fraction of sp³-hybridized carbons (Fsp3) is 0.412. The molecule has 6 nitrogen and oxygen atoms in total. The molecule has 25 heavy (non-hydrogen) atoms. The number of thiazole rings is 1. The Labute approximate surface area is 150 Å². The second kappa shape index (κ2) is 5.81. The fourth-order valence-electron chi connectivity index (χ4n) is 3.38. The second-order valence-corrected chi connectivity index (χ2v) is 9.85. The largest absolute Gasteiger partial charge is 0.332 e. The summed E-state index contributed by atoms with van der Waals surface area (Å²) in [4.78, 5) is 18.3. The molecule has 2 aliphatic heterocycles. The van der Waals surface area contributed by atoms with E-state index in [0.717, 1.165) is 11.3 Å². The van der Waals surface area contributed by atoms with Gasteiger partial charge >= 0.3 is 6.03 Å². The van der Waals surface area contributed by atoms with Crippen molar-refractivity contribution in [2.45, 2.75) is 31.8 Å². The highest BCUT2D eigenvalue weighted by Gasteiger charge is 2.50. The van der Waals surface area contributed by atoms with Crippen LogP contribution in [0.2, 0.25) is 0 Å². The minimum absolute atomic E-state index is 0.00555. The van der Waals surface area contributed by atoms with Gasteiger partial charge in [0.15, 0.2) is 15.0 Å². The Morgan fingerprint density at radius 2 is 1.96 bits per heavy atom. The first-order valence-electron chi connectivity index (χ1n) is 8.20. The molecule has 132 valence electrons. The molecule has 0 radical (unpaired) electrons. The maximum Gasteiger partial charge on any atom is 0.324 e. The molecule has 4 rings (SSSR count). The molecule has 0 saturated carbocycles. The Hall–Kier alpha value is -1.93. The van der Waals surface area contributed by atoms with Crippen molar-refractivity contribution in [3.8, 4) is 11.3 Å². The van der Waals surface area contributed by atoms with Crippen molar-refractivity contribution in [1.29, 1.82) is 0 Å². The minimum atomic E-state index is -3.11. The molecule has 2 saturated heterocycles. The van der Waals surface area contributed by atoms with Gasteiger partial charge in [-0.05, 0) is 11.5 Å². The molecular weight excluding hydrogens is 358 g/mol. The molecule has 0 spiro atoms. The number of anilines is 1. The topological polar surface area (TPSA) is 79.4 Å². The highest BCUT2D eigenvalue weighted by atomic mass is 32.2. The summed E-state index contributed by atoms with van der Waals surface area (Å²) in [6.07, 6.45) is 0. The number of benzene rings is 1. The van der Waals surface area contributed by atoms with Crippen LogP contribution < -0.4 is 10.2 Å². The summed E-state index contributed by atoms with van der Waals surface area (Å²) in [6.45, 7) is 4.29. The lowest BCUT2D eigenvalue weighted by atomic mass is 10.0. The van der Waals surface area contributed by atoms with E-state index < -0.39 is 9.84 Å². The summed E-state index contributed by atoms with van der Waals surface area (Å²) in [7, 11) is -3.11. The van der Waals surface area contributed by atoms with E-state index in [-0.39, 0.29) is 29.6 Å². The van der Waals surface area contributed by atoms with Gasteiger partial charge in [0.1, 0.15) is 0 Å². The van der Waals surface area contributed by atoms with Crippen molar-refractivity contribution < 1.29 is 13.2 Å². The highest BCUT2D eigenvalue weighted by molar-refractivity contribution is 7.91. The van der Waals surface area contributed by atoms with Gasteiger partial charge in [-0.15, -0.1) is 11.3 Å². The molecule has 8 heteroatoms. The van der Waals surface area contributed by atoms with E-state index in [4.69, 9.17) is 0 Å². The quantitative estimate of drug-likeness (QED) is 0.834. The van der Waals surface area contributed by atoms with Crippen LogP contribution in [-0.4, -0.2) is 43.0 Å². The zero-order valence-electron chi connectivity index (χ0n) is 14.0. The Kier molecular flexibility index (Phi) is 3.84. The molecule has 1 aromatic heterocycles. The maximum absolute atomic E-state index is 12.3. The van der Waals surface area contributed by atoms with Gasteiger partial charge in [-0.25, -0.2) is 18.2 Å². The number of carbonyl (C=O) groups is 1. The summed E-state index contributed by atoms with van der Waals surface area (Å²) in [6, 6.07) is 7.26. The predicted octanol–water partition coefficient (Wildman–Crippen LogP) is 2.63. The van der Waals surface area contributed by atoms with Crippen molar-refractivity contribution in [3.05, 3.63) is 35.2 Å². The normalized spacial score (nSPS) is 24.6. The van der Waals surface area contributed by atoms with Gasteiger partial charge in [-0.1, -0.05) is 38.1 Å². The molecule has 2 aromatic rings. The van der Waals surface area contributed by atoms with E-state index in [0.29, 0.717) is 11.0 Å². The number of aromatic nitrogens is 1. The van der Waals surface area contributed by atoms with Gasteiger partial charge in [-0.2, -0.15) is 0 Å². The number of nitrogens with one attached hydrogen (secondary N) is 1. The summed E-state index contributed by atoms with van der Waals surface area (Å²) in [5.74, 6) is 0.470. The Balaban J connectivity index is 1.62. The molecule has 1 N–H and O–H groups in total. The number of nitrogens with zero attached hydrogens (tertiary/aromatic N) is 2. The van der Waals surface area contributed by atoms with Crippen LogP contribution in [0.25, 0.3) is 11.3 Å². The van der Waals surface area contributed by atoms with Crippen LogP contribution in [0.5, 0.6) is 0 Å². The van der Waals surface area contributed by atoms with Gasteiger partial charge in [0.05, 0.1) is 29.3 Å². The maximum atomic E-state index is 12.3. The summed E-state index contributed by atoms with van der Waals surface area (Å²) < 4.78 is 23.7. The van der Waals surface area contributed by atoms with E-state index in [1.54, 1.807) is 0 Å². The van der Waals surface area contributed by atoms with Gasteiger partial charge in [0.25, 0.3) is 0 Å². The van der Waals surface area contributed by atoms with Gasteiger partial charge in [0, 0.05) is 10.9 Å². The van der Waals surface area contributed by atoms with E-state index in [2.05, 4.69) is 36.3 Å². The molecule has 2 amide bonds. The van der Waals surface area contributed by atoms with Crippen LogP contribution in [0.1, 0.15) is 25.3 Å². The number of hydrogen-bond donors (Lipinski definition) is 1. The van der Waals surface area contributed by atoms with Crippen molar-refractivity contribution in [1.82, 2.24) is 10.3 Å². The Morgan fingerprint density at radius 1 is 1.24 bits per heavy atom. The van der Waals surface area contributed by atoms with Gasteiger partial charge in [0.2, 0.25) is 0 Å².